The van der Waals surface area contributed by atoms with Gasteiger partial charge < -0.3 is 5.32 Å². The molecule has 1 aliphatic heterocycles. The molecule has 3 rings (SSSR count). The molecule has 0 aromatic heterocycles. The third-order valence-electron chi connectivity index (χ3n) is 5.21. The normalized spacial score (nSPS) is 21.2. The third kappa shape index (κ3) is 4.09. The Morgan fingerprint density at radius 1 is 1.17 bits per heavy atom. The van der Waals surface area contributed by atoms with Gasteiger partial charge in [-0.05, 0) is 69.3 Å². The fourth-order valence-electron chi connectivity index (χ4n) is 3.68. The van der Waals surface area contributed by atoms with E-state index in [2.05, 4.69) is 10.2 Å². The topological polar surface area (TPSA) is 15.3 Å². The zero-order chi connectivity index (χ0) is 17.3. The predicted molar refractivity (Wildman–Crippen MR) is 85.1 cm³/mol. The highest BCUT2D eigenvalue weighted by molar-refractivity contribution is 5.33. The summed E-state index contributed by atoms with van der Waals surface area (Å²) in [4.78, 5) is 2.22. The quantitative estimate of drug-likeness (QED) is 0.798. The van der Waals surface area contributed by atoms with E-state index in [-0.39, 0.29) is 17.6 Å². The van der Waals surface area contributed by atoms with Gasteiger partial charge in [-0.1, -0.05) is 6.07 Å². The van der Waals surface area contributed by atoms with Crippen LogP contribution in [-0.4, -0.2) is 30.6 Å². The molecule has 1 heterocycles. The van der Waals surface area contributed by atoms with Crippen molar-refractivity contribution in [3.8, 4) is 0 Å². The van der Waals surface area contributed by atoms with Crippen LogP contribution in [0.2, 0.25) is 0 Å². The van der Waals surface area contributed by atoms with Crippen LogP contribution in [0.1, 0.15) is 49.8 Å². The smallest absolute Gasteiger partial charge is 0.317 e. The fourth-order valence-corrected chi connectivity index (χ4v) is 3.68. The molecular formula is C18H24F4N2. The lowest BCUT2D eigenvalue weighted by molar-refractivity contribution is -0.139. The van der Waals surface area contributed by atoms with Crippen LogP contribution in [0.3, 0.4) is 0 Å². The molecule has 1 saturated heterocycles. The summed E-state index contributed by atoms with van der Waals surface area (Å²) in [5.74, 6) is -0.244. The molecular weight excluding hydrogens is 320 g/mol. The van der Waals surface area contributed by atoms with Gasteiger partial charge in [-0.25, -0.2) is 4.39 Å². The summed E-state index contributed by atoms with van der Waals surface area (Å²) in [5, 5.41) is 3.30. The summed E-state index contributed by atoms with van der Waals surface area (Å²) < 4.78 is 53.5. The molecule has 24 heavy (non-hydrogen) atoms. The molecule has 2 nitrogen and oxygen atoms in total. The lowest BCUT2D eigenvalue weighted by Crippen LogP contribution is -2.45. The van der Waals surface area contributed by atoms with Gasteiger partial charge in [0.15, 0.2) is 0 Å². The third-order valence-corrected chi connectivity index (χ3v) is 5.21. The first-order valence-corrected chi connectivity index (χ1v) is 8.69. The molecule has 0 spiro atoms. The van der Waals surface area contributed by atoms with Crippen molar-refractivity contribution in [3.05, 3.63) is 35.1 Å². The second-order valence-corrected chi connectivity index (χ2v) is 7.03. The monoisotopic (exact) mass is 344 g/mol. The molecule has 1 aromatic carbocycles. The SMILES string of the molecule is CC(c1ccc(F)cc1C(F)(F)F)N(CC1CC1)C1CCNCC1. The van der Waals surface area contributed by atoms with Crippen LogP contribution in [0.15, 0.2) is 18.2 Å². The summed E-state index contributed by atoms with van der Waals surface area (Å²) in [6.07, 6.45) is -0.336. The number of alkyl halides is 3. The number of piperidine rings is 1. The highest BCUT2D eigenvalue weighted by Gasteiger charge is 2.38. The number of hydrogen-bond acceptors (Lipinski definition) is 2. The van der Waals surface area contributed by atoms with Crippen molar-refractivity contribution >= 4 is 0 Å². The first-order chi connectivity index (χ1) is 11.4. The Bertz CT molecular complexity index is 563. The van der Waals surface area contributed by atoms with E-state index in [0.717, 1.165) is 51.4 Å². The standard InChI is InChI=1S/C18H24F4N2/c1-12(16-5-4-14(19)10-17(16)18(20,21)22)24(11-13-2-3-13)15-6-8-23-9-7-15/h4-5,10,12-13,15,23H,2-3,6-9,11H2,1H3. The van der Waals surface area contributed by atoms with Gasteiger partial charge in [-0.3, -0.25) is 4.90 Å². The van der Waals surface area contributed by atoms with E-state index in [0.29, 0.717) is 12.0 Å². The number of halogens is 4. The first kappa shape index (κ1) is 17.7. The molecule has 1 atom stereocenters. The van der Waals surface area contributed by atoms with Gasteiger partial charge in [0.2, 0.25) is 0 Å². The number of nitrogens with one attached hydrogen (secondary N) is 1. The van der Waals surface area contributed by atoms with E-state index < -0.39 is 17.6 Å². The minimum Gasteiger partial charge on any atom is -0.317 e. The van der Waals surface area contributed by atoms with Crippen molar-refractivity contribution in [2.75, 3.05) is 19.6 Å². The summed E-state index contributed by atoms with van der Waals surface area (Å²) in [6, 6.07) is 2.99. The van der Waals surface area contributed by atoms with Crippen LogP contribution in [0.5, 0.6) is 0 Å². The van der Waals surface area contributed by atoms with Crippen molar-refractivity contribution in [2.24, 2.45) is 5.92 Å². The molecule has 2 fully saturated rings. The maximum atomic E-state index is 13.4. The van der Waals surface area contributed by atoms with E-state index >= 15 is 0 Å². The van der Waals surface area contributed by atoms with Gasteiger partial charge in [0.05, 0.1) is 5.56 Å². The molecule has 0 radical (unpaired) electrons. The first-order valence-electron chi connectivity index (χ1n) is 8.69. The van der Waals surface area contributed by atoms with E-state index in [4.69, 9.17) is 0 Å². The molecule has 0 bridgehead atoms. The molecule has 0 amide bonds. The number of hydrogen-bond donors (Lipinski definition) is 1. The van der Waals surface area contributed by atoms with E-state index in [1.165, 1.54) is 6.07 Å². The minimum atomic E-state index is -4.54. The Morgan fingerprint density at radius 2 is 1.83 bits per heavy atom. The Hall–Kier alpha value is -1.14. The predicted octanol–water partition coefficient (Wildman–Crippen LogP) is 4.37. The van der Waals surface area contributed by atoms with E-state index in [9.17, 15) is 17.6 Å². The minimum absolute atomic E-state index is 0.183. The zero-order valence-electron chi connectivity index (χ0n) is 13.9. The van der Waals surface area contributed by atoms with E-state index in [1.807, 2.05) is 6.92 Å². The maximum Gasteiger partial charge on any atom is 0.416 e. The van der Waals surface area contributed by atoms with Crippen LogP contribution in [0.4, 0.5) is 17.6 Å². The average molecular weight is 344 g/mol. The average Bonchev–Trinajstić information content (AvgIpc) is 3.36. The van der Waals surface area contributed by atoms with Crippen molar-refractivity contribution in [2.45, 2.75) is 50.9 Å². The zero-order valence-corrected chi connectivity index (χ0v) is 13.9. The van der Waals surface area contributed by atoms with Crippen LogP contribution in [-0.2, 0) is 6.18 Å². The molecule has 6 heteroatoms. The number of benzene rings is 1. The Labute approximate surface area is 140 Å². The van der Waals surface area contributed by atoms with Crippen molar-refractivity contribution in [3.63, 3.8) is 0 Å². The molecule has 1 aromatic rings. The Kier molecular flexibility index (Phi) is 5.16. The Balaban J connectivity index is 1.90. The van der Waals surface area contributed by atoms with Crippen molar-refractivity contribution < 1.29 is 17.6 Å². The van der Waals surface area contributed by atoms with E-state index in [1.54, 1.807) is 0 Å². The van der Waals surface area contributed by atoms with Crippen molar-refractivity contribution in [1.29, 1.82) is 0 Å². The molecule has 134 valence electrons. The highest BCUT2D eigenvalue weighted by Crippen LogP contribution is 2.40. The second kappa shape index (κ2) is 7.00. The lowest BCUT2D eigenvalue weighted by atomic mass is 9.95. The maximum absolute atomic E-state index is 13.4. The van der Waals surface area contributed by atoms with Gasteiger partial charge in [0, 0.05) is 18.6 Å². The summed E-state index contributed by atoms with van der Waals surface area (Å²) in [7, 11) is 0. The van der Waals surface area contributed by atoms with Crippen molar-refractivity contribution in [1.82, 2.24) is 10.2 Å². The van der Waals surface area contributed by atoms with Crippen LogP contribution in [0, 0.1) is 11.7 Å². The largest absolute Gasteiger partial charge is 0.416 e. The molecule has 1 saturated carbocycles. The molecule has 1 aliphatic carbocycles. The van der Waals surface area contributed by atoms with Crippen LogP contribution < -0.4 is 5.32 Å². The lowest BCUT2D eigenvalue weighted by Gasteiger charge is -2.40. The fraction of sp³-hybridized carbons (Fsp3) is 0.667. The van der Waals surface area contributed by atoms with Gasteiger partial charge >= 0.3 is 6.18 Å². The van der Waals surface area contributed by atoms with Crippen LogP contribution >= 0.6 is 0 Å². The summed E-state index contributed by atoms with van der Waals surface area (Å²) in [6.45, 7) is 4.45. The number of rotatable bonds is 5. The highest BCUT2D eigenvalue weighted by atomic mass is 19.4. The number of nitrogens with zero attached hydrogens (tertiary/aromatic N) is 1. The van der Waals surface area contributed by atoms with Gasteiger partial charge in [-0.15, -0.1) is 0 Å². The van der Waals surface area contributed by atoms with Gasteiger partial charge in [0.25, 0.3) is 0 Å². The van der Waals surface area contributed by atoms with Gasteiger partial charge in [-0.2, -0.15) is 13.2 Å². The molecule has 2 aliphatic rings. The van der Waals surface area contributed by atoms with Crippen LogP contribution in [0.25, 0.3) is 0 Å². The Morgan fingerprint density at radius 3 is 2.42 bits per heavy atom. The summed E-state index contributed by atoms with van der Waals surface area (Å²) >= 11 is 0. The molecule has 1 unspecified atom stereocenters. The second-order valence-electron chi connectivity index (χ2n) is 7.03. The summed E-state index contributed by atoms with van der Waals surface area (Å²) in [5.41, 5.74) is -0.659. The molecule has 1 N–H and O–H groups in total. The van der Waals surface area contributed by atoms with Gasteiger partial charge in [0.1, 0.15) is 5.82 Å².